The van der Waals surface area contributed by atoms with Crippen LogP contribution in [-0.2, 0) is 4.74 Å². The number of rotatable bonds is 10. The number of hydrogen-bond donors (Lipinski definition) is 1. The molecule has 4 aromatic rings. The Kier molecular flexibility index (Phi) is 7.78. The number of ether oxygens (including phenoxy) is 3. The predicted octanol–water partition coefficient (Wildman–Crippen LogP) is 4.28. The first-order valence-corrected chi connectivity index (χ1v) is 11.8. The first-order valence-electron chi connectivity index (χ1n) is 10.9. The summed E-state index contributed by atoms with van der Waals surface area (Å²) in [6, 6.07) is 13.2. The number of nitrogens with one attached hydrogen (secondary N) is 1. The van der Waals surface area contributed by atoms with Gasteiger partial charge in [0.1, 0.15) is 17.5 Å². The second-order valence-corrected chi connectivity index (χ2v) is 8.83. The van der Waals surface area contributed by atoms with Gasteiger partial charge in [0.2, 0.25) is 11.8 Å². The van der Waals surface area contributed by atoms with Crippen LogP contribution in [0.15, 0.2) is 54.9 Å². The van der Waals surface area contributed by atoms with Crippen molar-refractivity contribution < 1.29 is 14.2 Å². The van der Waals surface area contributed by atoms with Crippen LogP contribution in [0, 0.1) is 6.92 Å². The molecule has 0 radical (unpaired) electrons. The van der Waals surface area contributed by atoms with Crippen LogP contribution in [0.1, 0.15) is 24.4 Å². The molecule has 0 spiro atoms. The zero-order chi connectivity index (χ0) is 24.8. The molecule has 0 bridgehead atoms. The summed E-state index contributed by atoms with van der Waals surface area (Å²) in [4.78, 5) is 13.4. The van der Waals surface area contributed by atoms with Crippen LogP contribution in [0.4, 0.5) is 5.95 Å². The van der Waals surface area contributed by atoms with Crippen molar-refractivity contribution in [1.82, 2.24) is 29.7 Å². The molecule has 2 atom stereocenters. The van der Waals surface area contributed by atoms with Crippen molar-refractivity contribution in [2.75, 3.05) is 26.1 Å². The number of benzene rings is 1. The average Bonchev–Trinajstić information content (AvgIpc) is 3.33. The van der Waals surface area contributed by atoms with Crippen molar-refractivity contribution in [2.45, 2.75) is 25.2 Å². The zero-order valence-electron chi connectivity index (χ0n) is 20.2. The minimum absolute atomic E-state index is 0.0449. The van der Waals surface area contributed by atoms with Crippen molar-refractivity contribution in [2.24, 2.45) is 0 Å². The molecular weight excluding hydrogens is 466 g/mol. The molecule has 3 aromatic heterocycles. The van der Waals surface area contributed by atoms with Gasteiger partial charge in [-0.2, -0.15) is 0 Å². The van der Waals surface area contributed by atoms with E-state index in [4.69, 9.17) is 14.2 Å². The highest BCUT2D eigenvalue weighted by Gasteiger charge is 2.24. The molecular formula is C24H27N7O3S. The van der Waals surface area contributed by atoms with Gasteiger partial charge in [0, 0.05) is 31.6 Å². The molecule has 10 nitrogen and oxygen atoms in total. The SMILES string of the molecule is COc1cccc(-n2c(NSC(C)C(OC)c3ncc(C)cn3)nnc2-c2cccc(OC)n2)c1. The lowest BCUT2D eigenvalue weighted by Gasteiger charge is -2.21. The average molecular weight is 494 g/mol. The van der Waals surface area contributed by atoms with E-state index in [0.717, 1.165) is 11.3 Å². The smallest absolute Gasteiger partial charge is 0.239 e. The summed E-state index contributed by atoms with van der Waals surface area (Å²) >= 11 is 1.44. The molecule has 35 heavy (non-hydrogen) atoms. The third-order valence-corrected chi connectivity index (χ3v) is 6.13. The van der Waals surface area contributed by atoms with E-state index in [9.17, 15) is 0 Å². The summed E-state index contributed by atoms with van der Waals surface area (Å²) in [5.74, 6) is 2.90. The first kappa shape index (κ1) is 24.4. The fourth-order valence-corrected chi connectivity index (χ4v) is 4.21. The Balaban J connectivity index is 1.66. The van der Waals surface area contributed by atoms with E-state index in [1.54, 1.807) is 39.8 Å². The monoisotopic (exact) mass is 493 g/mol. The molecule has 0 aliphatic carbocycles. The molecule has 1 aromatic carbocycles. The molecule has 4 rings (SSSR count). The predicted molar refractivity (Wildman–Crippen MR) is 135 cm³/mol. The maximum Gasteiger partial charge on any atom is 0.239 e. The summed E-state index contributed by atoms with van der Waals surface area (Å²) in [5, 5.41) is 8.79. The maximum absolute atomic E-state index is 5.70. The van der Waals surface area contributed by atoms with E-state index in [1.807, 2.05) is 54.8 Å². The number of aryl methyl sites for hydroxylation is 1. The Bertz CT molecular complexity index is 1270. The molecule has 0 amide bonds. The molecule has 2 unspecified atom stereocenters. The van der Waals surface area contributed by atoms with Crippen LogP contribution < -0.4 is 14.2 Å². The number of anilines is 1. The number of hydrogen-bond acceptors (Lipinski definition) is 10. The number of methoxy groups -OCH3 is 3. The third-order valence-electron chi connectivity index (χ3n) is 5.21. The van der Waals surface area contributed by atoms with Gasteiger partial charge in [-0.25, -0.2) is 15.0 Å². The molecule has 1 N–H and O–H groups in total. The van der Waals surface area contributed by atoms with Crippen LogP contribution in [-0.4, -0.2) is 56.3 Å². The minimum Gasteiger partial charge on any atom is -0.497 e. The normalized spacial score (nSPS) is 12.7. The summed E-state index contributed by atoms with van der Waals surface area (Å²) in [6.45, 7) is 3.98. The van der Waals surface area contributed by atoms with Crippen molar-refractivity contribution in [3.63, 3.8) is 0 Å². The maximum atomic E-state index is 5.70. The molecule has 0 aliphatic heterocycles. The highest BCUT2D eigenvalue weighted by atomic mass is 32.2. The van der Waals surface area contributed by atoms with E-state index in [0.29, 0.717) is 34.9 Å². The third kappa shape index (κ3) is 5.52. The topological polar surface area (TPSA) is 109 Å². The Morgan fingerprint density at radius 2 is 1.74 bits per heavy atom. The lowest BCUT2D eigenvalue weighted by Crippen LogP contribution is -2.19. The number of nitrogens with zero attached hydrogens (tertiary/aromatic N) is 6. The lowest BCUT2D eigenvalue weighted by atomic mass is 10.2. The van der Waals surface area contributed by atoms with Crippen LogP contribution in [0.2, 0.25) is 0 Å². The molecule has 182 valence electrons. The van der Waals surface area contributed by atoms with Gasteiger partial charge in [-0.15, -0.1) is 10.2 Å². The minimum atomic E-state index is -0.319. The Morgan fingerprint density at radius 3 is 2.46 bits per heavy atom. The van der Waals surface area contributed by atoms with Gasteiger partial charge in [-0.1, -0.05) is 12.1 Å². The summed E-state index contributed by atoms with van der Waals surface area (Å²) < 4.78 is 21.6. The fourth-order valence-electron chi connectivity index (χ4n) is 3.43. The van der Waals surface area contributed by atoms with Gasteiger partial charge in [0.15, 0.2) is 11.6 Å². The van der Waals surface area contributed by atoms with E-state index in [-0.39, 0.29) is 11.4 Å². The van der Waals surface area contributed by atoms with E-state index in [2.05, 4.69) is 29.9 Å². The standard InChI is InChI=1S/C24H27N7O3S/c1-15-13-25-22(26-14-15)21(34-5)16(2)35-30-24-29-28-23(19-10-7-11-20(27-19)33-4)31(24)17-8-6-9-18(12-17)32-3/h6-14,16,21H,1-5H3,(H,29,30). The zero-order valence-corrected chi connectivity index (χ0v) is 21.0. The molecule has 0 saturated heterocycles. The van der Waals surface area contributed by atoms with Gasteiger partial charge in [0.05, 0.1) is 25.2 Å². The Hall–Kier alpha value is -3.70. The van der Waals surface area contributed by atoms with Gasteiger partial charge in [-0.05, 0) is 49.6 Å². The molecule has 3 heterocycles. The lowest BCUT2D eigenvalue weighted by molar-refractivity contribution is 0.0972. The van der Waals surface area contributed by atoms with Gasteiger partial charge in [0.25, 0.3) is 0 Å². The Morgan fingerprint density at radius 1 is 0.971 bits per heavy atom. The second kappa shape index (κ2) is 11.2. The first-order chi connectivity index (χ1) is 17.0. The number of pyridine rings is 1. The fraction of sp³-hybridized carbons (Fsp3) is 0.292. The summed E-state index contributed by atoms with van der Waals surface area (Å²) in [5.41, 5.74) is 2.43. The van der Waals surface area contributed by atoms with Crippen LogP contribution in [0.5, 0.6) is 11.6 Å². The molecule has 11 heteroatoms. The summed E-state index contributed by atoms with van der Waals surface area (Å²) in [6.07, 6.45) is 3.25. The van der Waals surface area contributed by atoms with Gasteiger partial charge >= 0.3 is 0 Å². The molecule has 0 saturated carbocycles. The van der Waals surface area contributed by atoms with Crippen molar-refractivity contribution in [3.8, 4) is 28.8 Å². The highest BCUT2D eigenvalue weighted by molar-refractivity contribution is 8.01. The van der Waals surface area contributed by atoms with E-state index in [1.165, 1.54) is 11.9 Å². The van der Waals surface area contributed by atoms with Crippen LogP contribution in [0.25, 0.3) is 17.2 Å². The number of aromatic nitrogens is 6. The highest BCUT2D eigenvalue weighted by Crippen LogP contribution is 2.31. The van der Waals surface area contributed by atoms with Crippen molar-refractivity contribution in [3.05, 3.63) is 66.2 Å². The molecule has 0 fully saturated rings. The van der Waals surface area contributed by atoms with E-state index < -0.39 is 0 Å². The largest absolute Gasteiger partial charge is 0.497 e. The quantitative estimate of drug-likeness (QED) is 0.321. The Labute approximate surface area is 208 Å². The van der Waals surface area contributed by atoms with Crippen molar-refractivity contribution in [1.29, 1.82) is 0 Å². The van der Waals surface area contributed by atoms with Gasteiger partial charge < -0.3 is 14.2 Å². The van der Waals surface area contributed by atoms with Crippen LogP contribution >= 0.6 is 11.9 Å². The summed E-state index contributed by atoms with van der Waals surface area (Å²) in [7, 11) is 4.86. The van der Waals surface area contributed by atoms with Crippen molar-refractivity contribution >= 4 is 17.9 Å². The second-order valence-electron chi connectivity index (χ2n) is 7.65. The van der Waals surface area contributed by atoms with E-state index >= 15 is 0 Å². The molecule has 0 aliphatic rings. The van der Waals surface area contributed by atoms with Gasteiger partial charge in [-0.3, -0.25) is 9.29 Å². The van der Waals surface area contributed by atoms with Crippen LogP contribution in [0.3, 0.4) is 0 Å².